The lowest BCUT2D eigenvalue weighted by atomic mass is 9.84. The number of furan rings is 1. The highest BCUT2D eigenvalue weighted by atomic mass is 16.3. The second-order valence-electron chi connectivity index (χ2n) is 10.5. The van der Waals surface area contributed by atoms with Crippen molar-refractivity contribution in [2.24, 2.45) is 0 Å². The van der Waals surface area contributed by atoms with E-state index in [4.69, 9.17) is 29.1 Å². The SMILES string of the molecule is [2H]c1c([2H])c([2H])c(-c2c([2H])c([2H])c3oc4c([2H])c(-c5c([2H])c([2H])c(-c6c7c([2H])c([2H])c([2H])c([2H])c7c(-c7c([2H])c([2H])c([2H])c([2H])c7[2H])c7c([2H])c([2H])c([2H])c([2H])c67)c6c([2H])c([2H])c([2H])c([2H])c56)c([2H])c([2H])c4c3c2[2H])c([2H])c1[2H]. The summed E-state index contributed by atoms with van der Waals surface area (Å²) in [6.45, 7) is 0. The summed E-state index contributed by atoms with van der Waals surface area (Å²) in [5, 5.41) is -5.71. The Morgan fingerprint density at radius 1 is 0.286 bits per heavy atom. The lowest BCUT2D eigenvalue weighted by molar-refractivity contribution is 0.669. The first-order chi connectivity index (χ1) is 36.8. The van der Waals surface area contributed by atoms with Gasteiger partial charge in [0, 0.05) is 10.8 Å². The Balaban J connectivity index is 1.44. The molecule has 0 spiro atoms. The van der Waals surface area contributed by atoms with Gasteiger partial charge in [-0.15, -0.1) is 0 Å². The van der Waals surface area contributed by atoms with Gasteiger partial charge in [0.15, 0.2) is 0 Å². The molecule has 0 aliphatic heterocycles. The highest BCUT2D eigenvalue weighted by Crippen LogP contribution is 2.46. The van der Waals surface area contributed by atoms with E-state index < -0.39 is 280 Å². The van der Waals surface area contributed by atoms with Crippen molar-refractivity contribution < 1.29 is 45.5 Å². The van der Waals surface area contributed by atoms with Crippen molar-refractivity contribution in [1.82, 2.24) is 0 Å². The maximum absolute atomic E-state index is 9.87. The number of fused-ring (bicyclic) bond motifs is 6. The first-order valence-corrected chi connectivity index (χ1v) is 14.4. The molecule has 0 atom stereocenters. The Hall–Kier alpha value is -6.44. The molecular weight excluding hydrogens is 593 g/mol. The van der Waals surface area contributed by atoms with E-state index in [1.54, 1.807) is 0 Å². The summed E-state index contributed by atoms with van der Waals surface area (Å²) >= 11 is 0. The fourth-order valence-electron chi connectivity index (χ4n) is 5.83. The van der Waals surface area contributed by atoms with E-state index in [-0.39, 0.29) is 0 Å². The van der Waals surface area contributed by atoms with Crippen molar-refractivity contribution in [1.29, 1.82) is 0 Å². The van der Waals surface area contributed by atoms with Gasteiger partial charge in [0.2, 0.25) is 0 Å². The lowest BCUT2D eigenvalue weighted by Crippen LogP contribution is -1.92. The fraction of sp³-hybridized carbons (Fsp3) is 0. The van der Waals surface area contributed by atoms with E-state index in [0.717, 1.165) is 0 Å². The van der Waals surface area contributed by atoms with Gasteiger partial charge >= 0.3 is 0 Å². The zero-order valence-corrected chi connectivity index (χ0v) is 24.4. The Morgan fingerprint density at radius 3 is 1.45 bits per heavy atom. The van der Waals surface area contributed by atoms with Crippen LogP contribution < -0.4 is 0 Å². The molecule has 9 aromatic carbocycles. The molecule has 0 aliphatic carbocycles. The number of hydrogen-bond donors (Lipinski definition) is 0. The van der Waals surface area contributed by atoms with E-state index in [1.807, 2.05) is 0 Å². The van der Waals surface area contributed by atoms with Crippen molar-refractivity contribution in [2.45, 2.75) is 0 Å². The van der Waals surface area contributed by atoms with Crippen LogP contribution in [0.3, 0.4) is 0 Å². The standard InChI is InChI=1S/C48H30O/c1-3-13-31(14-4-1)33-24-28-45-44(29-33)38-25-23-34(30-46(38)49-45)35-26-27-43(37-18-8-7-17-36(35)37)48-41-21-11-9-19-39(41)47(32-15-5-2-6-16-32)40-20-10-12-22-42(40)48/h1-30H/i1D,2D,3D,4D,5D,6D,7D,8D,9D,10D,11D,12D,13D,14D,15D,16D,17D,18D,19D,20D,21D,22D,23D,24D,25D,26D,27D,28D,29D,30D. The normalized spacial score (nSPS) is 20.2. The highest BCUT2D eigenvalue weighted by Gasteiger charge is 2.19. The molecule has 10 rings (SSSR count). The molecule has 1 heterocycles. The Bertz CT molecular complexity index is 4460. The Labute approximate surface area is 326 Å². The predicted octanol–water partition coefficient (Wildman–Crippen LogP) is 13.7. The van der Waals surface area contributed by atoms with Gasteiger partial charge in [0.1, 0.15) is 11.2 Å². The van der Waals surface area contributed by atoms with Crippen molar-refractivity contribution in [3.63, 3.8) is 0 Å². The first kappa shape index (κ1) is 11.1. The van der Waals surface area contributed by atoms with E-state index in [9.17, 15) is 16.4 Å². The minimum atomic E-state index is -1.13. The largest absolute Gasteiger partial charge is 0.456 e. The van der Waals surface area contributed by atoms with Gasteiger partial charge in [0.25, 0.3) is 0 Å². The molecule has 0 saturated heterocycles. The van der Waals surface area contributed by atoms with Crippen LogP contribution in [0.25, 0.3) is 98.8 Å². The third-order valence-corrected chi connectivity index (χ3v) is 7.89. The predicted molar refractivity (Wildman–Crippen MR) is 208 cm³/mol. The Kier molecular flexibility index (Phi) is 2.50. The second-order valence-corrected chi connectivity index (χ2v) is 10.5. The molecule has 0 radical (unpaired) electrons. The smallest absolute Gasteiger partial charge is 0.136 e. The van der Waals surface area contributed by atoms with E-state index in [0.29, 0.717) is 0 Å². The summed E-state index contributed by atoms with van der Waals surface area (Å²) in [4.78, 5) is 0. The van der Waals surface area contributed by atoms with Crippen LogP contribution in [0.15, 0.2) is 186 Å². The maximum Gasteiger partial charge on any atom is 0.136 e. The van der Waals surface area contributed by atoms with Crippen molar-refractivity contribution in [2.75, 3.05) is 0 Å². The van der Waals surface area contributed by atoms with Crippen molar-refractivity contribution in [3.05, 3.63) is 181 Å². The van der Waals surface area contributed by atoms with Gasteiger partial charge in [0.05, 0.1) is 41.1 Å². The monoisotopic (exact) mass is 652 g/mol. The maximum atomic E-state index is 9.87. The minimum Gasteiger partial charge on any atom is -0.456 e. The summed E-state index contributed by atoms with van der Waals surface area (Å²) in [6.07, 6.45) is 0. The Morgan fingerprint density at radius 2 is 0.796 bits per heavy atom. The summed E-state index contributed by atoms with van der Waals surface area (Å²) in [5.74, 6) is 0. The fourth-order valence-corrected chi connectivity index (χ4v) is 5.83. The molecule has 10 aromatic rings. The van der Waals surface area contributed by atoms with Crippen LogP contribution in [0.4, 0.5) is 0 Å². The molecule has 1 heteroatoms. The van der Waals surface area contributed by atoms with Gasteiger partial charge in [-0.25, -0.2) is 0 Å². The minimum absolute atomic E-state index is 0.523. The summed E-state index contributed by atoms with van der Waals surface area (Å²) < 4.78 is 276. The highest BCUT2D eigenvalue weighted by molar-refractivity contribution is 6.24. The van der Waals surface area contributed by atoms with E-state index >= 15 is 0 Å². The van der Waals surface area contributed by atoms with E-state index in [1.165, 1.54) is 0 Å². The van der Waals surface area contributed by atoms with Gasteiger partial charge in [-0.2, -0.15) is 0 Å². The van der Waals surface area contributed by atoms with Crippen LogP contribution in [0.1, 0.15) is 41.1 Å². The van der Waals surface area contributed by atoms with E-state index in [2.05, 4.69) is 0 Å². The molecule has 0 saturated carbocycles. The number of benzene rings is 9. The average molecular weight is 653 g/mol. The van der Waals surface area contributed by atoms with Crippen LogP contribution in [0.5, 0.6) is 0 Å². The zero-order valence-electron chi connectivity index (χ0n) is 54.4. The van der Waals surface area contributed by atoms with Crippen LogP contribution in [0.2, 0.25) is 0 Å². The second kappa shape index (κ2) is 11.1. The van der Waals surface area contributed by atoms with Crippen molar-refractivity contribution in [3.8, 4) is 44.5 Å². The third kappa shape index (κ3) is 4.40. The van der Waals surface area contributed by atoms with Crippen molar-refractivity contribution >= 4 is 54.3 Å². The lowest BCUT2D eigenvalue weighted by Gasteiger charge is -2.19. The third-order valence-electron chi connectivity index (χ3n) is 7.89. The van der Waals surface area contributed by atoms with Crippen LogP contribution >= 0.6 is 0 Å². The average Bonchev–Trinajstić information content (AvgIpc) is 4.06. The molecule has 0 amide bonds. The van der Waals surface area contributed by atoms with Gasteiger partial charge in [-0.3, -0.25) is 0 Å². The molecule has 0 bridgehead atoms. The van der Waals surface area contributed by atoms with Crippen LogP contribution in [0, 0.1) is 0 Å². The van der Waals surface area contributed by atoms with Gasteiger partial charge in [-0.1, -0.05) is 157 Å². The summed E-state index contributed by atoms with van der Waals surface area (Å²) in [6, 6.07) is -28.9. The summed E-state index contributed by atoms with van der Waals surface area (Å²) in [5.41, 5.74) is -7.47. The van der Waals surface area contributed by atoms with Crippen LogP contribution in [-0.2, 0) is 0 Å². The molecule has 0 aliphatic rings. The number of hydrogen-bond acceptors (Lipinski definition) is 1. The topological polar surface area (TPSA) is 13.1 Å². The van der Waals surface area contributed by atoms with Gasteiger partial charge in [-0.05, 0) is 101 Å². The molecule has 49 heavy (non-hydrogen) atoms. The molecule has 0 unspecified atom stereocenters. The molecule has 0 N–H and O–H groups in total. The van der Waals surface area contributed by atoms with Gasteiger partial charge < -0.3 is 4.42 Å². The summed E-state index contributed by atoms with van der Waals surface area (Å²) in [7, 11) is 0. The molecule has 1 nitrogen and oxygen atoms in total. The first-order valence-electron chi connectivity index (χ1n) is 29.4. The molecule has 0 fully saturated rings. The molecular formula is C48H30O. The quantitative estimate of drug-likeness (QED) is 0.172. The zero-order chi connectivity index (χ0) is 58.4. The molecule has 1 aromatic heterocycles. The molecule has 228 valence electrons. The van der Waals surface area contributed by atoms with Crippen LogP contribution in [-0.4, -0.2) is 0 Å². The number of rotatable bonds is 4.